The Bertz CT molecular complexity index is 792. The second-order valence-corrected chi connectivity index (χ2v) is 8.22. The fourth-order valence-electron chi connectivity index (χ4n) is 2.33. The average Bonchev–Trinajstić information content (AvgIpc) is 3.09. The Kier molecular flexibility index (Phi) is 8.22. The zero-order valence-corrected chi connectivity index (χ0v) is 18.1. The standard InChI is InChI=1S/C19H26ClN5O2S/c1-13(2)25(19(27)22-15-7-5-14(20)6-8-15)11-17-23-16(12-28-17)18(26)21-9-10-24(3)4/h5-8,12-13H,9-11H2,1-4H3,(H,21,26)(H,22,27). The van der Waals surface area contributed by atoms with E-state index in [-0.39, 0.29) is 18.0 Å². The quantitative estimate of drug-likeness (QED) is 0.680. The van der Waals surface area contributed by atoms with Gasteiger partial charge < -0.3 is 20.4 Å². The van der Waals surface area contributed by atoms with E-state index in [0.29, 0.717) is 34.5 Å². The van der Waals surface area contributed by atoms with Crippen LogP contribution in [0.3, 0.4) is 0 Å². The van der Waals surface area contributed by atoms with Gasteiger partial charge in [0.15, 0.2) is 0 Å². The van der Waals surface area contributed by atoms with Gasteiger partial charge in [-0.25, -0.2) is 9.78 Å². The van der Waals surface area contributed by atoms with Gasteiger partial charge in [-0.2, -0.15) is 0 Å². The SMILES string of the molecule is CC(C)N(Cc1nc(C(=O)NCCN(C)C)cs1)C(=O)Nc1ccc(Cl)cc1. The minimum absolute atomic E-state index is 0.0337. The fraction of sp³-hybridized carbons (Fsp3) is 0.421. The number of nitrogens with one attached hydrogen (secondary N) is 2. The molecule has 28 heavy (non-hydrogen) atoms. The molecule has 0 saturated heterocycles. The first-order valence-corrected chi connectivity index (χ1v) is 10.2. The Morgan fingerprint density at radius 1 is 1.21 bits per heavy atom. The highest BCUT2D eigenvalue weighted by atomic mass is 35.5. The largest absolute Gasteiger partial charge is 0.349 e. The first-order valence-electron chi connectivity index (χ1n) is 8.96. The van der Waals surface area contributed by atoms with Crippen LogP contribution in [0.4, 0.5) is 10.5 Å². The molecule has 0 aliphatic heterocycles. The van der Waals surface area contributed by atoms with Gasteiger partial charge in [0.1, 0.15) is 10.7 Å². The Morgan fingerprint density at radius 3 is 2.50 bits per heavy atom. The first-order chi connectivity index (χ1) is 13.3. The van der Waals surface area contributed by atoms with E-state index >= 15 is 0 Å². The molecule has 0 radical (unpaired) electrons. The minimum atomic E-state index is -0.232. The van der Waals surface area contributed by atoms with Crippen LogP contribution in [-0.2, 0) is 6.54 Å². The number of benzene rings is 1. The third-order valence-electron chi connectivity index (χ3n) is 3.91. The van der Waals surface area contributed by atoms with Crippen molar-refractivity contribution in [2.24, 2.45) is 0 Å². The lowest BCUT2D eigenvalue weighted by atomic mass is 10.3. The number of hydrogen-bond acceptors (Lipinski definition) is 5. The lowest BCUT2D eigenvalue weighted by molar-refractivity contribution is 0.0946. The summed E-state index contributed by atoms with van der Waals surface area (Å²) in [5, 5.41) is 8.73. The molecule has 7 nitrogen and oxygen atoms in total. The van der Waals surface area contributed by atoms with Crippen LogP contribution in [-0.4, -0.2) is 59.9 Å². The van der Waals surface area contributed by atoms with E-state index in [1.54, 1.807) is 34.5 Å². The topological polar surface area (TPSA) is 77.6 Å². The molecule has 9 heteroatoms. The molecule has 0 aliphatic carbocycles. The van der Waals surface area contributed by atoms with Gasteiger partial charge >= 0.3 is 6.03 Å². The van der Waals surface area contributed by atoms with E-state index in [1.165, 1.54) is 11.3 Å². The van der Waals surface area contributed by atoms with Crippen LogP contribution in [0.15, 0.2) is 29.6 Å². The normalized spacial score (nSPS) is 11.0. The van der Waals surface area contributed by atoms with Crippen LogP contribution in [0.25, 0.3) is 0 Å². The van der Waals surface area contributed by atoms with Crippen molar-refractivity contribution in [2.75, 3.05) is 32.5 Å². The molecule has 0 unspecified atom stereocenters. The van der Waals surface area contributed by atoms with Gasteiger partial charge in [0.25, 0.3) is 5.91 Å². The van der Waals surface area contributed by atoms with Gasteiger partial charge in [0, 0.05) is 35.2 Å². The zero-order valence-electron chi connectivity index (χ0n) is 16.5. The molecule has 0 atom stereocenters. The van der Waals surface area contributed by atoms with Crippen LogP contribution in [0.2, 0.25) is 5.02 Å². The number of carbonyl (C=O) groups excluding carboxylic acids is 2. The Hall–Kier alpha value is -2.16. The first kappa shape index (κ1) is 22.1. The Balaban J connectivity index is 1.98. The van der Waals surface area contributed by atoms with Crippen LogP contribution in [0.1, 0.15) is 29.3 Å². The second kappa shape index (κ2) is 10.4. The molecule has 0 saturated carbocycles. The maximum atomic E-state index is 12.7. The third kappa shape index (κ3) is 6.78. The molecule has 3 amide bonds. The molecule has 2 rings (SSSR count). The van der Waals surface area contributed by atoms with Gasteiger partial charge in [-0.3, -0.25) is 4.79 Å². The summed E-state index contributed by atoms with van der Waals surface area (Å²) in [6.45, 7) is 5.51. The number of thiazole rings is 1. The number of aromatic nitrogens is 1. The van der Waals surface area contributed by atoms with Crippen LogP contribution >= 0.6 is 22.9 Å². The molecule has 1 heterocycles. The number of likely N-dealkylation sites (N-methyl/N-ethyl adjacent to an activating group) is 1. The molecule has 1 aromatic heterocycles. The van der Waals surface area contributed by atoms with Crippen molar-refractivity contribution in [1.29, 1.82) is 0 Å². The lowest BCUT2D eigenvalue weighted by Crippen LogP contribution is -2.39. The Morgan fingerprint density at radius 2 is 1.89 bits per heavy atom. The highest BCUT2D eigenvalue weighted by Crippen LogP contribution is 2.17. The van der Waals surface area contributed by atoms with Crippen LogP contribution in [0.5, 0.6) is 0 Å². The van der Waals surface area contributed by atoms with Crippen molar-refractivity contribution in [3.63, 3.8) is 0 Å². The number of urea groups is 1. The van der Waals surface area contributed by atoms with Crippen molar-refractivity contribution < 1.29 is 9.59 Å². The number of amides is 3. The predicted octanol–water partition coefficient (Wildman–Crippen LogP) is 3.53. The zero-order chi connectivity index (χ0) is 20.7. The lowest BCUT2D eigenvalue weighted by Gasteiger charge is -2.26. The highest BCUT2D eigenvalue weighted by molar-refractivity contribution is 7.09. The summed E-state index contributed by atoms with van der Waals surface area (Å²) in [6, 6.07) is 6.67. The smallest absolute Gasteiger partial charge is 0.322 e. The van der Waals surface area contributed by atoms with E-state index in [0.717, 1.165) is 6.54 Å². The van der Waals surface area contributed by atoms with Crippen LogP contribution < -0.4 is 10.6 Å². The summed E-state index contributed by atoms with van der Waals surface area (Å²) in [4.78, 5) is 32.9. The number of anilines is 1. The van der Waals surface area contributed by atoms with E-state index in [1.807, 2.05) is 32.8 Å². The monoisotopic (exact) mass is 423 g/mol. The van der Waals surface area contributed by atoms with Crippen molar-refractivity contribution in [2.45, 2.75) is 26.4 Å². The van der Waals surface area contributed by atoms with Gasteiger partial charge in [0.05, 0.1) is 6.54 Å². The van der Waals surface area contributed by atoms with E-state index in [9.17, 15) is 9.59 Å². The molecule has 2 N–H and O–H groups in total. The Labute approximate surface area is 174 Å². The van der Waals surface area contributed by atoms with E-state index < -0.39 is 0 Å². The fourth-order valence-corrected chi connectivity index (χ4v) is 3.23. The number of halogens is 1. The number of rotatable bonds is 8. The molecule has 2 aromatic rings. The van der Waals surface area contributed by atoms with Crippen molar-refractivity contribution in [3.8, 4) is 0 Å². The van der Waals surface area contributed by atoms with Crippen molar-refractivity contribution in [3.05, 3.63) is 45.4 Å². The summed E-state index contributed by atoms with van der Waals surface area (Å²) >= 11 is 7.25. The van der Waals surface area contributed by atoms with Gasteiger partial charge in [-0.05, 0) is 52.2 Å². The van der Waals surface area contributed by atoms with Crippen molar-refractivity contribution >= 4 is 40.6 Å². The maximum Gasteiger partial charge on any atom is 0.322 e. The van der Waals surface area contributed by atoms with Crippen LogP contribution in [0, 0.1) is 0 Å². The summed E-state index contributed by atoms with van der Waals surface area (Å²) in [7, 11) is 3.89. The summed E-state index contributed by atoms with van der Waals surface area (Å²) < 4.78 is 0. The average molecular weight is 424 g/mol. The van der Waals surface area contributed by atoms with Gasteiger partial charge in [-0.15, -0.1) is 11.3 Å². The third-order valence-corrected chi connectivity index (χ3v) is 5.00. The highest BCUT2D eigenvalue weighted by Gasteiger charge is 2.20. The molecular formula is C19H26ClN5O2S. The number of hydrogen-bond donors (Lipinski definition) is 2. The molecule has 0 aliphatic rings. The maximum absolute atomic E-state index is 12.7. The van der Waals surface area contributed by atoms with Gasteiger partial charge in [-0.1, -0.05) is 11.6 Å². The summed E-state index contributed by atoms with van der Waals surface area (Å²) in [6.07, 6.45) is 0. The second-order valence-electron chi connectivity index (χ2n) is 6.84. The molecule has 0 spiro atoms. The predicted molar refractivity (Wildman–Crippen MR) is 114 cm³/mol. The molecule has 152 valence electrons. The van der Waals surface area contributed by atoms with Crippen molar-refractivity contribution in [1.82, 2.24) is 20.1 Å². The van der Waals surface area contributed by atoms with Gasteiger partial charge in [0.2, 0.25) is 0 Å². The van der Waals surface area contributed by atoms with E-state index in [4.69, 9.17) is 11.6 Å². The summed E-state index contributed by atoms with van der Waals surface area (Å²) in [5.74, 6) is -0.203. The molecule has 1 aromatic carbocycles. The molecular weight excluding hydrogens is 398 g/mol. The number of nitrogens with zero attached hydrogens (tertiary/aromatic N) is 3. The summed E-state index contributed by atoms with van der Waals surface area (Å²) in [5.41, 5.74) is 1.04. The van der Waals surface area contributed by atoms with E-state index in [2.05, 4.69) is 15.6 Å². The minimum Gasteiger partial charge on any atom is -0.349 e. The molecule has 0 fully saturated rings. The molecule has 0 bridgehead atoms. The number of carbonyl (C=O) groups is 2.